The summed E-state index contributed by atoms with van der Waals surface area (Å²) < 4.78 is 30.6. The van der Waals surface area contributed by atoms with Gasteiger partial charge in [0.2, 0.25) is 5.91 Å². The van der Waals surface area contributed by atoms with E-state index in [2.05, 4.69) is 10.3 Å². The van der Waals surface area contributed by atoms with Crippen LogP contribution >= 0.6 is 11.3 Å². The van der Waals surface area contributed by atoms with Crippen molar-refractivity contribution in [2.75, 3.05) is 31.6 Å². The van der Waals surface area contributed by atoms with Gasteiger partial charge in [-0.3, -0.25) is 9.69 Å². The van der Waals surface area contributed by atoms with Gasteiger partial charge in [-0.1, -0.05) is 41.2 Å². The maximum Gasteiger partial charge on any atom is 0.251 e. The number of ether oxygens (including phenoxy) is 1. The van der Waals surface area contributed by atoms with Gasteiger partial charge in [0.15, 0.2) is 5.13 Å². The minimum Gasteiger partial charge on any atom is -0.378 e. The highest BCUT2D eigenvalue weighted by atomic mass is 32.1. The molecule has 134 valence electrons. The topological polar surface area (TPSA) is 54.5 Å². The van der Waals surface area contributed by atoms with E-state index >= 15 is 0 Å². The van der Waals surface area contributed by atoms with Gasteiger partial charge in [0.25, 0.3) is 6.43 Å². The van der Waals surface area contributed by atoms with E-state index in [0.717, 1.165) is 16.0 Å². The summed E-state index contributed by atoms with van der Waals surface area (Å²) in [7, 11) is 0. The van der Waals surface area contributed by atoms with E-state index in [-0.39, 0.29) is 12.5 Å². The van der Waals surface area contributed by atoms with Gasteiger partial charge in [0, 0.05) is 12.7 Å². The molecule has 1 amide bonds. The Morgan fingerprint density at radius 1 is 1.52 bits per heavy atom. The molecule has 1 N–H and O–H groups in total. The Hall–Kier alpha value is -1.90. The van der Waals surface area contributed by atoms with Crippen molar-refractivity contribution in [2.45, 2.75) is 19.4 Å². The molecule has 1 aliphatic heterocycles. The third-order valence-corrected chi connectivity index (χ3v) is 4.91. The fourth-order valence-electron chi connectivity index (χ4n) is 2.73. The highest BCUT2D eigenvalue weighted by Gasteiger charge is 2.31. The summed E-state index contributed by atoms with van der Waals surface area (Å²) >= 11 is 1.35. The highest BCUT2D eigenvalue weighted by Crippen LogP contribution is 2.29. The first-order chi connectivity index (χ1) is 12.0. The third kappa shape index (κ3) is 4.59. The summed E-state index contributed by atoms with van der Waals surface area (Å²) in [5, 5.41) is 3.17. The maximum atomic E-state index is 12.7. The second-order valence-corrected chi connectivity index (χ2v) is 6.90. The number of rotatable bonds is 5. The third-order valence-electron chi connectivity index (χ3n) is 3.95. The Morgan fingerprint density at radius 3 is 3.12 bits per heavy atom. The lowest BCUT2D eigenvalue weighted by Crippen LogP contribution is -2.53. The number of hydrogen-bond donors (Lipinski definition) is 1. The minimum atomic E-state index is -2.49. The number of benzene rings is 1. The molecule has 1 atom stereocenters. The number of halogens is 2. The van der Waals surface area contributed by atoms with Gasteiger partial charge in [-0.25, -0.2) is 13.8 Å². The zero-order valence-corrected chi connectivity index (χ0v) is 14.6. The average Bonchev–Trinajstić information content (AvgIpc) is 3.03. The summed E-state index contributed by atoms with van der Waals surface area (Å²) in [5.74, 6) is -0.370. The summed E-state index contributed by atoms with van der Waals surface area (Å²) in [6.07, 6.45) is -0.787. The number of thiazole rings is 1. The number of aryl methyl sites for hydroxylation is 1. The molecule has 1 aromatic heterocycles. The lowest BCUT2D eigenvalue weighted by Gasteiger charge is -2.33. The maximum absolute atomic E-state index is 12.7. The highest BCUT2D eigenvalue weighted by molar-refractivity contribution is 7.19. The zero-order chi connectivity index (χ0) is 17.8. The molecular weight excluding hydrogens is 348 g/mol. The Morgan fingerprint density at radius 2 is 2.36 bits per heavy atom. The van der Waals surface area contributed by atoms with Crippen LogP contribution in [0.15, 0.2) is 30.5 Å². The summed E-state index contributed by atoms with van der Waals surface area (Å²) in [6, 6.07) is 7.26. The van der Waals surface area contributed by atoms with Gasteiger partial charge in [0.05, 0.1) is 24.6 Å². The van der Waals surface area contributed by atoms with Crippen molar-refractivity contribution in [1.82, 2.24) is 9.88 Å². The second kappa shape index (κ2) is 7.99. The Bertz CT molecular complexity index is 738. The SMILES string of the molecule is Cc1cccc(-c2cnc(NC(=O)C3COCCN3CC(F)F)s2)c1. The number of carbonyl (C=O) groups excluding carboxylic acids is 1. The quantitative estimate of drug-likeness (QED) is 0.883. The van der Waals surface area contributed by atoms with E-state index in [1.54, 1.807) is 6.20 Å². The molecule has 1 aromatic carbocycles. The summed E-state index contributed by atoms with van der Waals surface area (Å²) in [4.78, 5) is 19.1. The number of hydrogen-bond acceptors (Lipinski definition) is 5. The van der Waals surface area contributed by atoms with E-state index in [0.29, 0.717) is 18.3 Å². The van der Waals surface area contributed by atoms with Crippen LogP contribution in [0, 0.1) is 6.92 Å². The van der Waals surface area contributed by atoms with Crippen LogP contribution in [0.3, 0.4) is 0 Å². The van der Waals surface area contributed by atoms with Crippen molar-refractivity contribution in [3.05, 3.63) is 36.0 Å². The molecule has 2 heterocycles. The first-order valence-electron chi connectivity index (χ1n) is 7.96. The van der Waals surface area contributed by atoms with Crippen molar-refractivity contribution in [3.8, 4) is 10.4 Å². The van der Waals surface area contributed by atoms with E-state index in [4.69, 9.17) is 4.74 Å². The van der Waals surface area contributed by atoms with E-state index < -0.39 is 19.0 Å². The van der Waals surface area contributed by atoms with Crippen LogP contribution < -0.4 is 5.32 Å². The van der Waals surface area contributed by atoms with Crippen LogP contribution in [0.5, 0.6) is 0 Å². The van der Waals surface area contributed by atoms with Crippen molar-refractivity contribution in [1.29, 1.82) is 0 Å². The molecule has 1 fully saturated rings. The largest absolute Gasteiger partial charge is 0.378 e. The van der Waals surface area contributed by atoms with Crippen LogP contribution in [0.4, 0.5) is 13.9 Å². The van der Waals surface area contributed by atoms with E-state index in [1.807, 2.05) is 31.2 Å². The predicted molar refractivity (Wildman–Crippen MR) is 93.1 cm³/mol. The van der Waals surface area contributed by atoms with Crippen LogP contribution in [-0.2, 0) is 9.53 Å². The molecule has 2 aromatic rings. The lowest BCUT2D eigenvalue weighted by atomic mass is 10.1. The number of nitrogens with zero attached hydrogens (tertiary/aromatic N) is 2. The van der Waals surface area contributed by atoms with Crippen molar-refractivity contribution >= 4 is 22.4 Å². The Balaban J connectivity index is 1.68. The fraction of sp³-hybridized carbons (Fsp3) is 0.412. The standard InChI is InChI=1S/C17H19F2N3O2S/c1-11-3-2-4-12(7-11)14-8-20-17(25-14)21-16(23)13-10-24-6-5-22(13)9-15(18)19/h2-4,7-8,13,15H,5-6,9-10H2,1H3,(H,20,21,23). The smallest absolute Gasteiger partial charge is 0.251 e. The molecule has 0 aliphatic carbocycles. The molecule has 0 radical (unpaired) electrons. The summed E-state index contributed by atoms with van der Waals surface area (Å²) in [6.45, 7) is 2.34. The van der Waals surface area contributed by atoms with E-state index in [9.17, 15) is 13.6 Å². The van der Waals surface area contributed by atoms with Gasteiger partial charge < -0.3 is 10.1 Å². The molecular formula is C17H19F2N3O2S. The first-order valence-corrected chi connectivity index (χ1v) is 8.78. The molecule has 25 heavy (non-hydrogen) atoms. The van der Waals surface area contributed by atoms with Gasteiger partial charge in [-0.05, 0) is 12.5 Å². The fourth-order valence-corrected chi connectivity index (χ4v) is 3.54. The number of nitrogens with one attached hydrogen (secondary N) is 1. The van der Waals surface area contributed by atoms with Crippen LogP contribution in [0.25, 0.3) is 10.4 Å². The molecule has 0 bridgehead atoms. The molecule has 0 spiro atoms. The van der Waals surface area contributed by atoms with E-state index in [1.165, 1.54) is 16.2 Å². The monoisotopic (exact) mass is 367 g/mol. The lowest BCUT2D eigenvalue weighted by molar-refractivity contribution is -0.128. The van der Waals surface area contributed by atoms with Crippen molar-refractivity contribution < 1.29 is 18.3 Å². The molecule has 1 unspecified atom stereocenters. The first kappa shape index (κ1) is 17.9. The van der Waals surface area contributed by atoms with Gasteiger partial charge in [-0.15, -0.1) is 0 Å². The predicted octanol–water partition coefficient (Wildman–Crippen LogP) is 3.02. The zero-order valence-electron chi connectivity index (χ0n) is 13.7. The normalized spacial score (nSPS) is 18.5. The molecule has 3 rings (SSSR count). The number of anilines is 1. The molecule has 8 heteroatoms. The van der Waals surface area contributed by atoms with Crippen LogP contribution in [0.2, 0.25) is 0 Å². The van der Waals surface area contributed by atoms with Crippen LogP contribution in [0.1, 0.15) is 5.56 Å². The Kier molecular flexibility index (Phi) is 5.72. The van der Waals surface area contributed by atoms with Gasteiger partial charge in [0.1, 0.15) is 6.04 Å². The van der Waals surface area contributed by atoms with Crippen molar-refractivity contribution in [2.24, 2.45) is 0 Å². The average molecular weight is 367 g/mol. The minimum absolute atomic E-state index is 0.106. The molecule has 0 saturated carbocycles. The van der Waals surface area contributed by atoms with Crippen molar-refractivity contribution in [3.63, 3.8) is 0 Å². The number of morpholine rings is 1. The molecule has 1 aliphatic rings. The number of carbonyl (C=O) groups is 1. The number of amides is 1. The molecule has 1 saturated heterocycles. The number of aromatic nitrogens is 1. The van der Waals surface area contributed by atoms with Gasteiger partial charge >= 0.3 is 0 Å². The second-order valence-electron chi connectivity index (χ2n) is 5.87. The number of alkyl halides is 2. The Labute approximate surface area is 148 Å². The summed E-state index contributed by atoms with van der Waals surface area (Å²) in [5.41, 5.74) is 2.16. The van der Waals surface area contributed by atoms with Crippen LogP contribution in [-0.4, -0.2) is 54.6 Å². The molecule has 5 nitrogen and oxygen atoms in total. The van der Waals surface area contributed by atoms with Gasteiger partial charge in [-0.2, -0.15) is 0 Å².